The molecule has 1 aromatic heterocycles. The second kappa shape index (κ2) is 8.79. The van der Waals surface area contributed by atoms with Gasteiger partial charge in [0.15, 0.2) is 0 Å². The van der Waals surface area contributed by atoms with E-state index in [2.05, 4.69) is 11.1 Å². The van der Waals surface area contributed by atoms with Crippen LogP contribution in [-0.4, -0.2) is 22.7 Å². The summed E-state index contributed by atoms with van der Waals surface area (Å²) in [6.45, 7) is 0.120. The van der Waals surface area contributed by atoms with Crippen molar-refractivity contribution in [1.82, 2.24) is 4.98 Å². The van der Waals surface area contributed by atoms with Crippen LogP contribution in [-0.2, 0) is 4.79 Å². The van der Waals surface area contributed by atoms with Gasteiger partial charge in [-0.1, -0.05) is 42.5 Å². The number of carboxylic acids is 1. The molecule has 2 aromatic carbocycles. The first kappa shape index (κ1) is 18.4. The van der Waals surface area contributed by atoms with E-state index in [1.165, 1.54) is 11.3 Å². The molecule has 134 valence electrons. The Hall–Kier alpha value is -3.43. The number of rotatable bonds is 7. The van der Waals surface area contributed by atoms with Gasteiger partial charge in [0.05, 0.1) is 24.3 Å². The number of hydrogen-bond acceptors (Lipinski definition) is 5. The quantitative estimate of drug-likeness (QED) is 0.603. The highest BCUT2D eigenvalue weighted by molar-refractivity contribution is 7.11. The Morgan fingerprint density at radius 1 is 1.19 bits per heavy atom. The van der Waals surface area contributed by atoms with Crippen LogP contribution in [0.2, 0.25) is 0 Å². The Bertz CT molecular complexity index is 986. The van der Waals surface area contributed by atoms with Crippen LogP contribution in [0.15, 0.2) is 60.0 Å². The van der Waals surface area contributed by atoms with Crippen LogP contribution >= 0.6 is 11.3 Å². The molecule has 0 aliphatic heterocycles. The molecule has 0 atom stereocenters. The molecule has 0 amide bonds. The first-order valence-corrected chi connectivity index (χ1v) is 9.11. The highest BCUT2D eigenvalue weighted by atomic mass is 32.1. The lowest BCUT2D eigenvalue weighted by atomic mass is 10.1. The molecule has 0 bridgehead atoms. The van der Waals surface area contributed by atoms with Crippen molar-refractivity contribution in [2.24, 2.45) is 0 Å². The van der Waals surface area contributed by atoms with Crippen molar-refractivity contribution in [1.29, 1.82) is 5.26 Å². The third-order valence-corrected chi connectivity index (χ3v) is 4.58. The molecule has 3 rings (SSSR count). The summed E-state index contributed by atoms with van der Waals surface area (Å²) in [7, 11) is 0. The summed E-state index contributed by atoms with van der Waals surface area (Å²) < 4.78 is 5.36. The smallest absolute Gasteiger partial charge is 0.306 e. The minimum atomic E-state index is -0.897. The number of aromatic nitrogens is 1. The summed E-state index contributed by atoms with van der Waals surface area (Å²) in [4.78, 5) is 15.1. The van der Waals surface area contributed by atoms with E-state index in [0.29, 0.717) is 16.3 Å². The summed E-state index contributed by atoms with van der Waals surface area (Å²) in [5.41, 5.74) is 3.19. The van der Waals surface area contributed by atoms with Crippen molar-refractivity contribution in [2.75, 3.05) is 6.61 Å². The average Bonchev–Trinajstić information content (AvgIpc) is 3.18. The van der Waals surface area contributed by atoms with Crippen LogP contribution < -0.4 is 4.74 Å². The largest absolute Gasteiger partial charge is 0.493 e. The maximum absolute atomic E-state index is 10.5. The monoisotopic (exact) mass is 376 g/mol. The van der Waals surface area contributed by atoms with Crippen molar-refractivity contribution in [3.05, 3.63) is 70.5 Å². The number of thiazole rings is 1. The molecule has 0 spiro atoms. The summed E-state index contributed by atoms with van der Waals surface area (Å²) >= 11 is 1.43. The second-order valence-electron chi connectivity index (χ2n) is 5.63. The van der Waals surface area contributed by atoms with Gasteiger partial charge in [0.25, 0.3) is 0 Å². The van der Waals surface area contributed by atoms with E-state index in [4.69, 9.17) is 9.84 Å². The average molecular weight is 376 g/mol. The van der Waals surface area contributed by atoms with E-state index in [0.717, 1.165) is 16.8 Å². The standard InChI is InChI=1S/C21H16N2O3S/c22-13-17(21-23-19(14-27-21)16-4-2-1-3-5-16)12-15-6-8-18(9-7-15)26-11-10-20(24)25/h1-9,12,14H,10-11H2,(H,24,25)/b17-12+. The van der Waals surface area contributed by atoms with Gasteiger partial charge in [-0.3, -0.25) is 4.79 Å². The lowest BCUT2D eigenvalue weighted by Gasteiger charge is -2.04. The van der Waals surface area contributed by atoms with Gasteiger partial charge < -0.3 is 9.84 Å². The van der Waals surface area contributed by atoms with Gasteiger partial charge in [-0.2, -0.15) is 5.26 Å². The highest BCUT2D eigenvalue weighted by Crippen LogP contribution is 2.27. The number of nitrogens with zero attached hydrogens (tertiary/aromatic N) is 2. The fourth-order valence-electron chi connectivity index (χ4n) is 2.36. The number of ether oxygens (including phenoxy) is 1. The predicted molar refractivity (Wildman–Crippen MR) is 105 cm³/mol. The lowest BCUT2D eigenvalue weighted by molar-refractivity contribution is -0.137. The van der Waals surface area contributed by atoms with Crippen LogP contribution in [0.25, 0.3) is 22.9 Å². The zero-order valence-electron chi connectivity index (χ0n) is 14.3. The molecule has 6 heteroatoms. The number of allylic oxidation sites excluding steroid dienone is 1. The van der Waals surface area contributed by atoms with Gasteiger partial charge in [0.1, 0.15) is 16.8 Å². The van der Waals surface area contributed by atoms with E-state index in [1.807, 2.05) is 47.8 Å². The Morgan fingerprint density at radius 3 is 2.59 bits per heavy atom. The number of nitriles is 1. The normalized spacial score (nSPS) is 11.0. The summed E-state index contributed by atoms with van der Waals surface area (Å²) in [6.07, 6.45) is 1.72. The van der Waals surface area contributed by atoms with Gasteiger partial charge in [0.2, 0.25) is 0 Å². The SMILES string of the molecule is N#C/C(=C\c1ccc(OCCC(=O)O)cc1)c1nc(-c2ccccc2)cs1. The summed E-state index contributed by atoms with van der Waals surface area (Å²) in [5, 5.41) is 20.7. The first-order chi connectivity index (χ1) is 13.2. The molecule has 3 aromatic rings. The Morgan fingerprint density at radius 2 is 1.93 bits per heavy atom. The molecule has 0 radical (unpaired) electrons. The van der Waals surface area contributed by atoms with E-state index >= 15 is 0 Å². The Balaban J connectivity index is 1.74. The molecule has 5 nitrogen and oxygen atoms in total. The van der Waals surface area contributed by atoms with Crippen molar-refractivity contribution < 1.29 is 14.6 Å². The van der Waals surface area contributed by atoms with Crippen LogP contribution in [0.1, 0.15) is 17.0 Å². The fourth-order valence-corrected chi connectivity index (χ4v) is 3.16. The molecular weight excluding hydrogens is 360 g/mol. The second-order valence-corrected chi connectivity index (χ2v) is 6.49. The van der Waals surface area contributed by atoms with Crippen LogP contribution in [0.5, 0.6) is 5.75 Å². The Labute approximate surface area is 160 Å². The number of carbonyl (C=O) groups is 1. The maximum Gasteiger partial charge on any atom is 0.306 e. The fraction of sp³-hybridized carbons (Fsp3) is 0.0952. The van der Waals surface area contributed by atoms with E-state index in [-0.39, 0.29) is 13.0 Å². The molecular formula is C21H16N2O3S. The zero-order valence-corrected chi connectivity index (χ0v) is 15.1. The third-order valence-electron chi connectivity index (χ3n) is 3.70. The van der Waals surface area contributed by atoms with Gasteiger partial charge in [-0.25, -0.2) is 4.98 Å². The number of carboxylic acid groups (broad SMARTS) is 1. The molecule has 0 unspecified atom stereocenters. The lowest BCUT2D eigenvalue weighted by Crippen LogP contribution is -2.04. The van der Waals surface area contributed by atoms with Gasteiger partial charge in [-0.05, 0) is 23.8 Å². The minimum absolute atomic E-state index is 0.0476. The van der Waals surface area contributed by atoms with Crippen molar-refractivity contribution in [2.45, 2.75) is 6.42 Å². The van der Waals surface area contributed by atoms with Crippen molar-refractivity contribution in [3.8, 4) is 23.1 Å². The highest BCUT2D eigenvalue weighted by Gasteiger charge is 2.09. The molecule has 0 fully saturated rings. The zero-order chi connectivity index (χ0) is 19.1. The molecule has 0 aliphatic carbocycles. The topological polar surface area (TPSA) is 83.2 Å². The van der Waals surface area contributed by atoms with E-state index < -0.39 is 5.97 Å². The van der Waals surface area contributed by atoms with Gasteiger partial charge >= 0.3 is 5.97 Å². The molecule has 0 aliphatic rings. The number of benzene rings is 2. The predicted octanol–water partition coefficient (Wildman–Crippen LogP) is 4.73. The van der Waals surface area contributed by atoms with Gasteiger partial charge in [-0.15, -0.1) is 11.3 Å². The van der Waals surface area contributed by atoms with Crippen LogP contribution in [0.3, 0.4) is 0 Å². The van der Waals surface area contributed by atoms with Gasteiger partial charge in [0, 0.05) is 10.9 Å². The first-order valence-electron chi connectivity index (χ1n) is 8.23. The number of hydrogen-bond donors (Lipinski definition) is 1. The molecule has 27 heavy (non-hydrogen) atoms. The van der Waals surface area contributed by atoms with Crippen LogP contribution in [0.4, 0.5) is 0 Å². The summed E-state index contributed by atoms with van der Waals surface area (Å²) in [6, 6.07) is 19.2. The minimum Gasteiger partial charge on any atom is -0.493 e. The molecule has 0 saturated carbocycles. The number of aliphatic carboxylic acids is 1. The molecule has 0 saturated heterocycles. The maximum atomic E-state index is 10.5. The van der Waals surface area contributed by atoms with E-state index in [1.54, 1.807) is 18.2 Å². The molecule has 1 N–H and O–H groups in total. The third kappa shape index (κ3) is 5.03. The van der Waals surface area contributed by atoms with E-state index in [9.17, 15) is 10.1 Å². The molecule has 1 heterocycles. The van der Waals surface area contributed by atoms with Crippen molar-refractivity contribution in [3.63, 3.8) is 0 Å². The Kier molecular flexibility index (Phi) is 5.98. The summed E-state index contributed by atoms with van der Waals surface area (Å²) in [5.74, 6) is -0.306. The van der Waals surface area contributed by atoms with Crippen molar-refractivity contribution >= 4 is 29.0 Å². The van der Waals surface area contributed by atoms with Crippen LogP contribution in [0, 0.1) is 11.3 Å².